The smallest absolute Gasteiger partial charge is 0.507 e. The lowest BCUT2D eigenvalue weighted by atomic mass is 9.83. The second kappa shape index (κ2) is 9.42. The summed E-state index contributed by atoms with van der Waals surface area (Å²) in [6.07, 6.45) is -5.09. The van der Waals surface area contributed by atoms with Crippen molar-refractivity contribution >= 4 is 27.3 Å². The van der Waals surface area contributed by atoms with Crippen LogP contribution in [-0.4, -0.2) is 31.5 Å². The molecule has 0 spiro atoms. The van der Waals surface area contributed by atoms with Gasteiger partial charge < -0.3 is 15.2 Å². The molecule has 1 amide bonds. The maximum absolute atomic E-state index is 13.1. The number of nitrogens with zero attached hydrogens (tertiary/aromatic N) is 1. The zero-order valence-electron chi connectivity index (χ0n) is 19.1. The van der Waals surface area contributed by atoms with Crippen molar-refractivity contribution in [2.75, 3.05) is 15.8 Å². The number of carbonyl (C=O) groups excluding carboxylic acids is 1. The van der Waals surface area contributed by atoms with Gasteiger partial charge >= 0.3 is 6.36 Å². The highest BCUT2D eigenvalue weighted by Gasteiger charge is 2.33. The molecule has 8 nitrogen and oxygen atoms in total. The van der Waals surface area contributed by atoms with Gasteiger partial charge in [0.25, 0.3) is 5.91 Å². The van der Waals surface area contributed by atoms with Crippen molar-refractivity contribution < 1.29 is 36.2 Å². The maximum atomic E-state index is 13.1. The Balaban J connectivity index is 2.66. The van der Waals surface area contributed by atoms with Crippen LogP contribution in [0.25, 0.3) is 0 Å². The number of ether oxygens (including phenoxy) is 1. The second-order valence-electron chi connectivity index (χ2n) is 8.40. The molecule has 34 heavy (non-hydrogen) atoms. The first-order chi connectivity index (χ1) is 15.5. The van der Waals surface area contributed by atoms with Gasteiger partial charge in [0.05, 0.1) is 34.3 Å². The highest BCUT2D eigenvalue weighted by molar-refractivity contribution is 7.92. The van der Waals surface area contributed by atoms with E-state index in [9.17, 15) is 31.5 Å². The van der Waals surface area contributed by atoms with E-state index in [4.69, 9.17) is 5.26 Å². The third-order valence-corrected chi connectivity index (χ3v) is 6.12. The molecular weight excluding hydrogens is 475 g/mol. The number of amides is 1. The van der Waals surface area contributed by atoms with E-state index in [1.165, 1.54) is 26.0 Å². The molecule has 184 valence electrons. The number of hydrogen-bond donors (Lipinski definition) is 3. The van der Waals surface area contributed by atoms with Crippen LogP contribution >= 0.6 is 0 Å². The number of nitrogens with one attached hydrogen (secondary N) is 2. The molecule has 0 unspecified atom stereocenters. The summed E-state index contributed by atoms with van der Waals surface area (Å²) in [4.78, 5) is 13.1. The largest absolute Gasteiger partial charge is 0.573 e. The Hall–Kier alpha value is -3.46. The number of anilines is 2. The minimum atomic E-state index is -5.09. The van der Waals surface area contributed by atoms with E-state index in [0.29, 0.717) is 0 Å². The SMILES string of the molecule is CCS(=O)(=O)Nc1cc(C(C)(C)C)c(O)c(C(=O)Nc2ccc(C#N)cc2OC(F)(F)F)c1C. The number of phenols is 1. The molecule has 0 fully saturated rings. The van der Waals surface area contributed by atoms with Crippen molar-refractivity contribution in [3.63, 3.8) is 0 Å². The summed E-state index contributed by atoms with van der Waals surface area (Å²) in [5.74, 6) is -2.53. The van der Waals surface area contributed by atoms with E-state index in [1.54, 1.807) is 26.8 Å². The lowest BCUT2D eigenvalue weighted by Crippen LogP contribution is -2.22. The van der Waals surface area contributed by atoms with E-state index in [2.05, 4.69) is 14.8 Å². The number of aromatic hydroxyl groups is 1. The molecule has 3 N–H and O–H groups in total. The normalized spacial score (nSPS) is 12.1. The van der Waals surface area contributed by atoms with Crippen molar-refractivity contribution in [3.8, 4) is 17.6 Å². The van der Waals surface area contributed by atoms with Crippen molar-refractivity contribution in [3.05, 3.63) is 46.5 Å². The zero-order chi connectivity index (χ0) is 26.1. The quantitative estimate of drug-likeness (QED) is 0.491. The topological polar surface area (TPSA) is 129 Å². The fourth-order valence-electron chi connectivity index (χ4n) is 3.05. The van der Waals surface area contributed by atoms with Gasteiger partial charge in [0, 0.05) is 11.6 Å². The number of alkyl halides is 3. The Kier molecular flexibility index (Phi) is 7.42. The third kappa shape index (κ3) is 6.32. The van der Waals surface area contributed by atoms with E-state index >= 15 is 0 Å². The average molecular weight is 500 g/mol. The maximum Gasteiger partial charge on any atom is 0.573 e. The molecule has 2 aromatic rings. The van der Waals surface area contributed by atoms with Gasteiger partial charge in [-0.1, -0.05) is 20.8 Å². The minimum absolute atomic E-state index is 0.0429. The molecule has 2 aromatic carbocycles. The first kappa shape index (κ1) is 26.8. The van der Waals surface area contributed by atoms with Crippen molar-refractivity contribution in [2.24, 2.45) is 0 Å². The zero-order valence-corrected chi connectivity index (χ0v) is 19.9. The molecule has 12 heteroatoms. The molecule has 0 bridgehead atoms. The molecule has 0 radical (unpaired) electrons. The summed E-state index contributed by atoms with van der Waals surface area (Å²) >= 11 is 0. The summed E-state index contributed by atoms with van der Waals surface area (Å²) in [5.41, 5.74) is -1.25. The molecule has 0 aliphatic rings. The number of hydrogen-bond acceptors (Lipinski definition) is 6. The van der Waals surface area contributed by atoms with Crippen LogP contribution in [0.5, 0.6) is 11.5 Å². The number of nitriles is 1. The molecule has 0 heterocycles. The molecular formula is C22H24F3N3O5S. The fourth-order valence-corrected chi connectivity index (χ4v) is 3.74. The number of phenolic OH excluding ortho intramolecular Hbond substituents is 1. The number of sulfonamides is 1. The Morgan fingerprint density at radius 2 is 1.79 bits per heavy atom. The summed E-state index contributed by atoms with van der Waals surface area (Å²) < 4.78 is 69.2. The van der Waals surface area contributed by atoms with Crippen LogP contribution in [0.4, 0.5) is 24.5 Å². The lowest BCUT2D eigenvalue weighted by Gasteiger charge is -2.25. The van der Waals surface area contributed by atoms with Gasteiger partial charge in [-0.2, -0.15) is 5.26 Å². The van der Waals surface area contributed by atoms with Crippen LogP contribution in [0.1, 0.15) is 54.7 Å². The van der Waals surface area contributed by atoms with Gasteiger partial charge in [-0.3, -0.25) is 9.52 Å². The van der Waals surface area contributed by atoms with Crippen molar-refractivity contribution in [2.45, 2.75) is 46.4 Å². The fraction of sp³-hybridized carbons (Fsp3) is 0.364. The Bertz CT molecular complexity index is 1260. The van der Waals surface area contributed by atoms with Gasteiger partial charge in [0.15, 0.2) is 5.75 Å². The highest BCUT2D eigenvalue weighted by Crippen LogP contribution is 2.40. The second-order valence-corrected chi connectivity index (χ2v) is 10.4. The third-order valence-electron chi connectivity index (χ3n) is 4.82. The summed E-state index contributed by atoms with van der Waals surface area (Å²) in [6, 6.07) is 6.13. The predicted octanol–water partition coefficient (Wildman–Crippen LogP) is 4.78. The average Bonchev–Trinajstić information content (AvgIpc) is 2.69. The molecule has 0 aliphatic carbocycles. The van der Waals surface area contributed by atoms with Gasteiger partial charge in [-0.05, 0) is 43.0 Å². The van der Waals surface area contributed by atoms with E-state index in [-0.39, 0.29) is 33.7 Å². The lowest BCUT2D eigenvalue weighted by molar-refractivity contribution is -0.274. The molecule has 0 aliphatic heterocycles. The standard InChI is InChI=1S/C22H24F3N3O5S/c1-6-34(31,32)28-16-10-14(21(3,4)5)19(29)18(12(16)2)20(30)27-15-8-7-13(11-26)9-17(15)33-22(23,24)25/h7-10,28-29H,6H2,1-5H3,(H,27,30). The first-order valence-electron chi connectivity index (χ1n) is 9.98. The van der Waals surface area contributed by atoms with E-state index in [0.717, 1.165) is 12.1 Å². The number of benzene rings is 2. The Morgan fingerprint density at radius 1 is 1.18 bits per heavy atom. The van der Waals surface area contributed by atoms with Crippen LogP contribution in [0, 0.1) is 18.3 Å². The van der Waals surface area contributed by atoms with Crippen molar-refractivity contribution in [1.29, 1.82) is 5.26 Å². The number of halogens is 3. The van der Waals surface area contributed by atoms with E-state index < -0.39 is 44.9 Å². The van der Waals surface area contributed by atoms with Gasteiger partial charge in [0.1, 0.15) is 5.75 Å². The van der Waals surface area contributed by atoms with Crippen LogP contribution in [0.2, 0.25) is 0 Å². The van der Waals surface area contributed by atoms with Crippen LogP contribution in [0.15, 0.2) is 24.3 Å². The molecule has 0 saturated heterocycles. The monoisotopic (exact) mass is 499 g/mol. The van der Waals surface area contributed by atoms with Gasteiger partial charge in [-0.15, -0.1) is 13.2 Å². The molecule has 0 aromatic heterocycles. The van der Waals surface area contributed by atoms with E-state index in [1.807, 2.05) is 0 Å². The highest BCUT2D eigenvalue weighted by atomic mass is 32.2. The number of carbonyl (C=O) groups is 1. The van der Waals surface area contributed by atoms with Gasteiger partial charge in [0.2, 0.25) is 10.0 Å². The first-order valence-corrected chi connectivity index (χ1v) is 11.6. The van der Waals surface area contributed by atoms with Gasteiger partial charge in [-0.25, -0.2) is 8.42 Å². The Labute approximate surface area is 195 Å². The predicted molar refractivity (Wildman–Crippen MR) is 120 cm³/mol. The van der Waals surface area contributed by atoms with Crippen molar-refractivity contribution in [1.82, 2.24) is 0 Å². The summed E-state index contributed by atoms with van der Waals surface area (Å²) in [7, 11) is -3.75. The van der Waals surface area contributed by atoms with Crippen LogP contribution in [0.3, 0.4) is 0 Å². The summed E-state index contributed by atoms with van der Waals surface area (Å²) in [5, 5.41) is 22.1. The molecule has 2 rings (SSSR count). The minimum Gasteiger partial charge on any atom is -0.507 e. The molecule has 0 saturated carbocycles. The summed E-state index contributed by atoms with van der Waals surface area (Å²) in [6.45, 7) is 8.00. The van der Waals surface area contributed by atoms with Crippen LogP contribution in [-0.2, 0) is 15.4 Å². The number of rotatable bonds is 6. The van der Waals surface area contributed by atoms with Crippen LogP contribution < -0.4 is 14.8 Å². The molecule has 0 atom stereocenters. The Morgan fingerprint density at radius 3 is 2.29 bits per heavy atom.